The van der Waals surface area contributed by atoms with Crippen molar-refractivity contribution in [3.8, 4) is 33.3 Å². The third kappa shape index (κ3) is 2.65. The number of nitrogens with one attached hydrogen (secondary N) is 2. The molecule has 0 saturated heterocycles. The van der Waals surface area contributed by atoms with Crippen LogP contribution < -0.4 is 0 Å². The van der Waals surface area contributed by atoms with Gasteiger partial charge >= 0.3 is 0 Å². The minimum Gasteiger partial charge on any atom is -0.335 e. The molecule has 0 radical (unpaired) electrons. The molecule has 6 rings (SSSR count). The highest BCUT2D eigenvalue weighted by atomic mass is 32.1. The van der Waals surface area contributed by atoms with Gasteiger partial charge in [0.1, 0.15) is 16.7 Å². The van der Waals surface area contributed by atoms with Crippen molar-refractivity contribution < 1.29 is 4.39 Å². The van der Waals surface area contributed by atoms with E-state index in [9.17, 15) is 4.39 Å². The van der Waals surface area contributed by atoms with Gasteiger partial charge in [-0.3, -0.25) is 20.1 Å². The molecule has 0 spiro atoms. The predicted octanol–water partition coefficient (Wildman–Crippen LogP) is 4.22. The Hall–Kier alpha value is -4.05. The maximum atomic E-state index is 13.5. The number of hydrogen-bond donors (Lipinski definition) is 2. The molecular formula is C20H11FN8S. The lowest BCUT2D eigenvalue weighted by molar-refractivity contribution is 0.657. The molecule has 30 heavy (non-hydrogen) atoms. The van der Waals surface area contributed by atoms with E-state index in [2.05, 4.69) is 30.1 Å². The van der Waals surface area contributed by atoms with Crippen molar-refractivity contribution in [3.05, 3.63) is 60.4 Å². The normalized spacial score (nSPS) is 11.5. The molecule has 0 aromatic carbocycles. The Balaban J connectivity index is 1.52. The molecule has 6 heterocycles. The number of pyridine rings is 2. The summed E-state index contributed by atoms with van der Waals surface area (Å²) in [5.41, 5.74) is 5.56. The van der Waals surface area contributed by atoms with Gasteiger partial charge < -0.3 is 4.98 Å². The summed E-state index contributed by atoms with van der Waals surface area (Å²) in [6, 6.07) is 6.92. The van der Waals surface area contributed by atoms with Crippen LogP contribution in [-0.2, 0) is 0 Å². The molecule has 2 N–H and O–H groups in total. The third-order valence-electron chi connectivity index (χ3n) is 4.69. The average molecular weight is 414 g/mol. The molecule has 0 aliphatic carbocycles. The van der Waals surface area contributed by atoms with Crippen LogP contribution >= 0.6 is 11.3 Å². The molecule has 10 heteroatoms. The van der Waals surface area contributed by atoms with Gasteiger partial charge in [0.05, 0.1) is 29.1 Å². The van der Waals surface area contributed by atoms with Crippen molar-refractivity contribution in [1.82, 2.24) is 40.1 Å². The van der Waals surface area contributed by atoms with Gasteiger partial charge in [-0.15, -0.1) is 11.3 Å². The van der Waals surface area contributed by atoms with E-state index in [1.165, 1.54) is 6.07 Å². The van der Waals surface area contributed by atoms with E-state index >= 15 is 0 Å². The fraction of sp³-hybridized carbons (Fsp3) is 0. The Labute approximate surface area is 171 Å². The molecular weight excluding hydrogens is 403 g/mol. The Morgan fingerprint density at radius 1 is 0.833 bits per heavy atom. The Bertz CT molecular complexity index is 1520. The molecule has 0 aliphatic rings. The zero-order chi connectivity index (χ0) is 20.1. The topological polar surface area (TPSA) is 109 Å². The number of fused-ring (bicyclic) bond motifs is 2. The van der Waals surface area contributed by atoms with Gasteiger partial charge in [-0.25, -0.2) is 9.97 Å². The average Bonchev–Trinajstić information content (AvgIpc) is 3.51. The van der Waals surface area contributed by atoms with Crippen molar-refractivity contribution in [1.29, 1.82) is 0 Å². The summed E-state index contributed by atoms with van der Waals surface area (Å²) in [5, 5.41) is 7.14. The van der Waals surface area contributed by atoms with Crippen molar-refractivity contribution >= 4 is 33.4 Å². The highest BCUT2D eigenvalue weighted by molar-refractivity contribution is 7.14. The number of hydrogen-bond acceptors (Lipinski definition) is 7. The summed E-state index contributed by atoms with van der Waals surface area (Å²) in [7, 11) is 0. The maximum Gasteiger partial charge on any atom is 0.176 e. The molecule has 6 aromatic rings. The number of rotatable bonds is 3. The fourth-order valence-electron chi connectivity index (χ4n) is 3.32. The second kappa shape index (κ2) is 6.49. The maximum absolute atomic E-state index is 13.5. The van der Waals surface area contributed by atoms with Crippen molar-refractivity contribution in [2.24, 2.45) is 0 Å². The van der Waals surface area contributed by atoms with Crippen LogP contribution in [0.2, 0.25) is 0 Å². The fourth-order valence-corrected chi connectivity index (χ4v) is 4.06. The van der Waals surface area contributed by atoms with E-state index in [0.29, 0.717) is 33.9 Å². The molecule has 0 fully saturated rings. The zero-order valence-corrected chi connectivity index (χ0v) is 16.0. The standard InChI is InChI=1S/C20H11FN8S/c21-16-4-3-15(30-16)10-7-23-9-14-17(10)27-20(26-14)19-18-12(28-29-19)2-1-11(25-18)13-8-22-5-6-24-13/h1-9H,(H,26,27)(H,28,29). The van der Waals surface area contributed by atoms with E-state index < -0.39 is 0 Å². The highest BCUT2D eigenvalue weighted by Crippen LogP contribution is 2.33. The van der Waals surface area contributed by atoms with Crippen LogP contribution in [0.5, 0.6) is 0 Å². The first-order chi connectivity index (χ1) is 14.8. The molecule has 0 aliphatic heterocycles. The summed E-state index contributed by atoms with van der Waals surface area (Å²) in [6.07, 6.45) is 8.27. The van der Waals surface area contributed by atoms with Crippen molar-refractivity contribution in [2.75, 3.05) is 0 Å². The second-order valence-corrected chi connectivity index (χ2v) is 7.56. The summed E-state index contributed by atoms with van der Waals surface area (Å²) in [6.45, 7) is 0. The first kappa shape index (κ1) is 16.9. The Morgan fingerprint density at radius 2 is 1.80 bits per heavy atom. The molecule has 0 amide bonds. The minimum absolute atomic E-state index is 0.253. The number of H-pyrrole nitrogens is 2. The zero-order valence-electron chi connectivity index (χ0n) is 15.2. The lowest BCUT2D eigenvalue weighted by Gasteiger charge is -1.99. The number of aromatic amines is 2. The highest BCUT2D eigenvalue weighted by Gasteiger charge is 2.18. The van der Waals surface area contributed by atoms with Crippen LogP contribution in [0, 0.1) is 5.13 Å². The van der Waals surface area contributed by atoms with Crippen LogP contribution in [0.4, 0.5) is 4.39 Å². The molecule has 8 nitrogen and oxygen atoms in total. The summed E-state index contributed by atoms with van der Waals surface area (Å²) < 4.78 is 13.5. The number of aromatic nitrogens is 8. The van der Waals surface area contributed by atoms with Gasteiger partial charge in [0.2, 0.25) is 0 Å². The minimum atomic E-state index is -0.253. The molecule has 0 unspecified atom stereocenters. The van der Waals surface area contributed by atoms with E-state index in [1.54, 1.807) is 37.1 Å². The smallest absolute Gasteiger partial charge is 0.176 e. The van der Waals surface area contributed by atoms with E-state index in [4.69, 9.17) is 9.97 Å². The third-order valence-corrected chi connectivity index (χ3v) is 5.60. The van der Waals surface area contributed by atoms with Gasteiger partial charge in [0, 0.05) is 29.0 Å². The number of thiophene rings is 1. The van der Waals surface area contributed by atoms with Gasteiger partial charge in [-0.1, -0.05) is 0 Å². The van der Waals surface area contributed by atoms with Crippen LogP contribution in [-0.4, -0.2) is 40.1 Å². The summed E-state index contributed by atoms with van der Waals surface area (Å²) in [4.78, 5) is 26.1. The van der Waals surface area contributed by atoms with Gasteiger partial charge in [-0.2, -0.15) is 9.49 Å². The molecule has 0 atom stereocenters. The van der Waals surface area contributed by atoms with Crippen LogP contribution in [0.3, 0.4) is 0 Å². The van der Waals surface area contributed by atoms with Gasteiger partial charge in [0.25, 0.3) is 0 Å². The quantitative estimate of drug-likeness (QED) is 0.449. The van der Waals surface area contributed by atoms with E-state index in [1.807, 2.05) is 12.1 Å². The van der Waals surface area contributed by atoms with E-state index in [-0.39, 0.29) is 5.13 Å². The second-order valence-electron chi connectivity index (χ2n) is 6.53. The van der Waals surface area contributed by atoms with Crippen LogP contribution in [0.15, 0.2) is 55.2 Å². The number of nitrogens with zero attached hydrogens (tertiary/aromatic N) is 6. The van der Waals surface area contributed by atoms with Crippen molar-refractivity contribution in [3.63, 3.8) is 0 Å². The number of imidazole rings is 1. The number of halogens is 1. The predicted molar refractivity (Wildman–Crippen MR) is 111 cm³/mol. The molecule has 0 bridgehead atoms. The SMILES string of the molecule is Fc1ccc(-c2cncc3[nH]c(-c4n[nH]c5ccc(-c6cnccn6)nc45)nc23)s1. The monoisotopic (exact) mass is 414 g/mol. The van der Waals surface area contributed by atoms with Gasteiger partial charge in [-0.05, 0) is 24.3 Å². The summed E-state index contributed by atoms with van der Waals surface area (Å²) >= 11 is 1.06. The summed E-state index contributed by atoms with van der Waals surface area (Å²) in [5.74, 6) is 0.548. The van der Waals surface area contributed by atoms with Crippen LogP contribution in [0.25, 0.3) is 55.4 Å². The van der Waals surface area contributed by atoms with Crippen LogP contribution in [0.1, 0.15) is 0 Å². The Morgan fingerprint density at radius 3 is 2.63 bits per heavy atom. The van der Waals surface area contributed by atoms with Gasteiger partial charge in [0.15, 0.2) is 16.6 Å². The first-order valence-corrected chi connectivity index (χ1v) is 9.79. The molecule has 0 saturated carbocycles. The Kier molecular flexibility index (Phi) is 3.65. The largest absolute Gasteiger partial charge is 0.335 e. The van der Waals surface area contributed by atoms with Crippen molar-refractivity contribution in [2.45, 2.75) is 0 Å². The lowest BCUT2D eigenvalue weighted by atomic mass is 10.2. The lowest BCUT2D eigenvalue weighted by Crippen LogP contribution is -1.89. The van der Waals surface area contributed by atoms with E-state index in [0.717, 1.165) is 32.8 Å². The molecule has 144 valence electrons. The first-order valence-electron chi connectivity index (χ1n) is 8.97. The molecule has 6 aromatic heterocycles.